The number of ether oxygens (including phenoxy) is 1. The molecule has 0 aliphatic heterocycles. The summed E-state index contributed by atoms with van der Waals surface area (Å²) in [5.74, 6) is -1.11. The zero-order valence-corrected chi connectivity index (χ0v) is 17.3. The van der Waals surface area contributed by atoms with E-state index in [2.05, 4.69) is 21.3 Å². The molecular formula is C20H30N4O5. The van der Waals surface area contributed by atoms with Crippen molar-refractivity contribution in [3.05, 3.63) is 29.8 Å². The van der Waals surface area contributed by atoms with Crippen LogP contribution in [0.1, 0.15) is 33.3 Å². The fourth-order valence-electron chi connectivity index (χ4n) is 2.45. The second kappa shape index (κ2) is 12.5. The highest BCUT2D eigenvalue weighted by Crippen LogP contribution is 2.10. The van der Waals surface area contributed by atoms with E-state index in [0.717, 1.165) is 5.56 Å². The van der Waals surface area contributed by atoms with Crippen molar-refractivity contribution >= 4 is 29.4 Å². The second-order valence-electron chi connectivity index (χ2n) is 6.90. The molecule has 1 rings (SSSR count). The summed E-state index contributed by atoms with van der Waals surface area (Å²) in [4.78, 5) is 46.1. The number of benzene rings is 1. The van der Waals surface area contributed by atoms with E-state index in [1.54, 1.807) is 24.3 Å². The lowest BCUT2D eigenvalue weighted by Gasteiger charge is -2.21. The van der Waals surface area contributed by atoms with Crippen molar-refractivity contribution in [2.24, 2.45) is 5.92 Å². The molecule has 29 heavy (non-hydrogen) atoms. The molecule has 0 heterocycles. The molecule has 9 heteroatoms. The smallest absolute Gasteiger partial charge is 0.302 e. The number of rotatable bonds is 11. The van der Waals surface area contributed by atoms with Crippen molar-refractivity contribution in [1.82, 2.24) is 16.0 Å². The van der Waals surface area contributed by atoms with Crippen LogP contribution in [0.2, 0.25) is 0 Å². The van der Waals surface area contributed by atoms with E-state index in [0.29, 0.717) is 18.8 Å². The van der Waals surface area contributed by atoms with Crippen LogP contribution in [0.25, 0.3) is 0 Å². The van der Waals surface area contributed by atoms with Gasteiger partial charge in [-0.2, -0.15) is 0 Å². The summed E-state index contributed by atoms with van der Waals surface area (Å²) in [5, 5.41) is 11.0. The summed E-state index contributed by atoms with van der Waals surface area (Å²) in [6.07, 6.45) is 0. The van der Waals surface area contributed by atoms with Crippen molar-refractivity contribution in [2.75, 3.05) is 25.0 Å². The van der Waals surface area contributed by atoms with Crippen LogP contribution in [0.4, 0.5) is 5.69 Å². The van der Waals surface area contributed by atoms with Gasteiger partial charge < -0.3 is 26.0 Å². The average Bonchev–Trinajstić information content (AvgIpc) is 2.65. The van der Waals surface area contributed by atoms with Gasteiger partial charge in [0.2, 0.25) is 17.7 Å². The zero-order valence-electron chi connectivity index (χ0n) is 17.3. The van der Waals surface area contributed by atoms with Crippen LogP contribution >= 0.6 is 0 Å². The molecule has 0 fully saturated rings. The summed E-state index contributed by atoms with van der Waals surface area (Å²) in [5.41, 5.74) is 1.38. The Morgan fingerprint density at radius 3 is 2.17 bits per heavy atom. The molecule has 4 N–H and O–H groups in total. The minimum Gasteiger partial charge on any atom is -0.461 e. The Balaban J connectivity index is 2.43. The predicted octanol–water partition coefficient (Wildman–Crippen LogP) is 0.555. The molecule has 0 radical (unpaired) electrons. The van der Waals surface area contributed by atoms with Gasteiger partial charge in [0.25, 0.3) is 0 Å². The van der Waals surface area contributed by atoms with Crippen LogP contribution in [0.5, 0.6) is 0 Å². The number of carbonyl (C=O) groups is 4. The molecule has 1 aromatic carbocycles. The van der Waals surface area contributed by atoms with E-state index in [9.17, 15) is 19.2 Å². The lowest BCUT2D eigenvalue weighted by Crippen LogP contribution is -2.50. The van der Waals surface area contributed by atoms with Crippen LogP contribution in [0.15, 0.2) is 24.3 Å². The number of hydrogen-bond acceptors (Lipinski definition) is 6. The van der Waals surface area contributed by atoms with E-state index < -0.39 is 6.04 Å². The number of amides is 3. The third kappa shape index (κ3) is 10.2. The molecule has 9 nitrogen and oxygen atoms in total. The number of carbonyl (C=O) groups excluding carboxylic acids is 4. The van der Waals surface area contributed by atoms with E-state index in [1.807, 2.05) is 13.8 Å². The molecule has 0 aliphatic carbocycles. The molecule has 0 aliphatic rings. The highest BCUT2D eigenvalue weighted by molar-refractivity contribution is 5.95. The maximum absolute atomic E-state index is 12.4. The van der Waals surface area contributed by atoms with E-state index >= 15 is 0 Å². The Morgan fingerprint density at radius 2 is 1.62 bits per heavy atom. The first kappa shape index (κ1) is 24.1. The Kier molecular flexibility index (Phi) is 10.4. The predicted molar refractivity (Wildman–Crippen MR) is 109 cm³/mol. The first-order valence-corrected chi connectivity index (χ1v) is 9.46. The van der Waals surface area contributed by atoms with E-state index in [-0.39, 0.29) is 42.8 Å². The van der Waals surface area contributed by atoms with Gasteiger partial charge in [0.05, 0.1) is 12.6 Å². The van der Waals surface area contributed by atoms with Crippen molar-refractivity contribution in [1.29, 1.82) is 0 Å². The third-order valence-corrected chi connectivity index (χ3v) is 3.92. The van der Waals surface area contributed by atoms with Crippen molar-refractivity contribution in [3.63, 3.8) is 0 Å². The van der Waals surface area contributed by atoms with Crippen LogP contribution in [-0.2, 0) is 30.5 Å². The Morgan fingerprint density at radius 1 is 0.966 bits per heavy atom. The Labute approximate surface area is 170 Å². The standard InChI is InChI=1S/C20H30N4O5/c1-13(2)19(22-10-9-21-14(3)25)20(28)23-11-18(27)24-17-7-5-16(6-8-17)12-29-15(4)26/h5-8,13,19,22H,9-12H2,1-4H3,(H,21,25)(H,23,28)(H,24,27). The van der Waals surface area contributed by atoms with E-state index in [4.69, 9.17) is 4.74 Å². The fourth-order valence-corrected chi connectivity index (χ4v) is 2.45. The molecule has 1 aromatic rings. The molecule has 0 spiro atoms. The number of esters is 1. The van der Waals surface area contributed by atoms with Gasteiger partial charge in [-0.15, -0.1) is 0 Å². The third-order valence-electron chi connectivity index (χ3n) is 3.92. The molecule has 3 amide bonds. The maximum atomic E-state index is 12.4. The molecular weight excluding hydrogens is 376 g/mol. The Bertz CT molecular complexity index is 703. The Hall–Kier alpha value is -2.94. The molecule has 0 aromatic heterocycles. The highest BCUT2D eigenvalue weighted by atomic mass is 16.5. The maximum Gasteiger partial charge on any atom is 0.302 e. The van der Waals surface area contributed by atoms with Gasteiger partial charge in [-0.1, -0.05) is 26.0 Å². The van der Waals surface area contributed by atoms with Crippen LogP contribution in [0.3, 0.4) is 0 Å². The number of nitrogens with one attached hydrogen (secondary N) is 4. The van der Waals surface area contributed by atoms with Crippen LogP contribution < -0.4 is 21.3 Å². The van der Waals surface area contributed by atoms with Crippen molar-refractivity contribution in [2.45, 2.75) is 40.3 Å². The summed E-state index contributed by atoms with van der Waals surface area (Å²) < 4.78 is 4.90. The van der Waals surface area contributed by atoms with Gasteiger partial charge in [0.1, 0.15) is 6.61 Å². The fraction of sp³-hybridized carbons (Fsp3) is 0.500. The normalized spacial score (nSPS) is 11.5. The largest absolute Gasteiger partial charge is 0.461 e. The van der Waals surface area contributed by atoms with Gasteiger partial charge in [0, 0.05) is 32.6 Å². The molecule has 0 bridgehead atoms. The molecule has 1 unspecified atom stereocenters. The average molecular weight is 406 g/mol. The molecule has 0 saturated heterocycles. The van der Waals surface area contributed by atoms with Gasteiger partial charge >= 0.3 is 5.97 Å². The first-order chi connectivity index (χ1) is 13.7. The monoisotopic (exact) mass is 406 g/mol. The van der Waals surface area contributed by atoms with Crippen LogP contribution in [0, 0.1) is 5.92 Å². The topological polar surface area (TPSA) is 126 Å². The summed E-state index contributed by atoms with van der Waals surface area (Å²) in [6, 6.07) is 6.39. The van der Waals surface area contributed by atoms with Gasteiger partial charge in [-0.25, -0.2) is 0 Å². The zero-order chi connectivity index (χ0) is 21.8. The van der Waals surface area contributed by atoms with Gasteiger partial charge in [-0.3, -0.25) is 19.2 Å². The van der Waals surface area contributed by atoms with Gasteiger partial charge in [-0.05, 0) is 23.6 Å². The summed E-state index contributed by atoms with van der Waals surface area (Å²) in [6.45, 7) is 7.43. The van der Waals surface area contributed by atoms with Crippen molar-refractivity contribution < 1.29 is 23.9 Å². The quantitative estimate of drug-likeness (QED) is 0.314. The number of anilines is 1. The van der Waals surface area contributed by atoms with Crippen LogP contribution in [-0.4, -0.2) is 49.4 Å². The second-order valence-corrected chi connectivity index (χ2v) is 6.90. The van der Waals surface area contributed by atoms with Gasteiger partial charge in [0.15, 0.2) is 0 Å². The molecule has 1 atom stereocenters. The first-order valence-electron chi connectivity index (χ1n) is 9.46. The minimum atomic E-state index is -0.475. The van der Waals surface area contributed by atoms with E-state index in [1.165, 1.54) is 13.8 Å². The summed E-state index contributed by atoms with van der Waals surface area (Å²) >= 11 is 0. The lowest BCUT2D eigenvalue weighted by molar-refractivity contribution is -0.142. The highest BCUT2D eigenvalue weighted by Gasteiger charge is 2.21. The minimum absolute atomic E-state index is 0.0140. The molecule has 160 valence electrons. The number of hydrogen-bond donors (Lipinski definition) is 4. The van der Waals surface area contributed by atoms with Crippen molar-refractivity contribution in [3.8, 4) is 0 Å². The summed E-state index contributed by atoms with van der Waals surface area (Å²) in [7, 11) is 0. The lowest BCUT2D eigenvalue weighted by atomic mass is 10.0. The SMILES string of the molecule is CC(=O)NCCNC(C(=O)NCC(=O)Nc1ccc(COC(C)=O)cc1)C(C)C. The molecule has 0 saturated carbocycles.